The molecule has 4 rings (SSSR count). The maximum atomic E-state index is 13.1. The summed E-state index contributed by atoms with van der Waals surface area (Å²) in [5.74, 6) is -1.29. The predicted octanol–water partition coefficient (Wildman–Crippen LogP) is 2.94. The summed E-state index contributed by atoms with van der Waals surface area (Å²) in [5, 5.41) is 9.57. The first-order chi connectivity index (χ1) is 12.0. The van der Waals surface area contributed by atoms with Gasteiger partial charge in [-0.25, -0.2) is 14.3 Å². The molecule has 25 heavy (non-hydrogen) atoms. The average Bonchev–Trinajstić information content (AvgIpc) is 3.10. The Kier molecular flexibility index (Phi) is 3.38. The van der Waals surface area contributed by atoms with E-state index < -0.39 is 29.7 Å². The lowest BCUT2D eigenvalue weighted by atomic mass is 10.1. The van der Waals surface area contributed by atoms with Crippen molar-refractivity contribution in [1.82, 2.24) is 0 Å². The van der Waals surface area contributed by atoms with Gasteiger partial charge in [0.2, 0.25) is 0 Å². The van der Waals surface area contributed by atoms with Crippen LogP contribution in [0.1, 0.15) is 11.1 Å². The van der Waals surface area contributed by atoms with Crippen molar-refractivity contribution < 1.29 is 14.0 Å². The van der Waals surface area contributed by atoms with Crippen molar-refractivity contribution in [2.75, 3.05) is 9.91 Å². The van der Waals surface area contributed by atoms with Crippen LogP contribution in [-0.4, -0.2) is 23.9 Å². The van der Waals surface area contributed by atoms with E-state index in [2.05, 4.69) is 10.3 Å². The van der Waals surface area contributed by atoms with Gasteiger partial charge in [0.15, 0.2) is 12.1 Å². The molecule has 126 valence electrons. The molecule has 2 amide bonds. The van der Waals surface area contributed by atoms with Gasteiger partial charge < -0.3 is 0 Å². The van der Waals surface area contributed by atoms with Gasteiger partial charge in [-0.05, 0) is 49.7 Å². The summed E-state index contributed by atoms with van der Waals surface area (Å²) < 4.78 is 13.1. The molecule has 2 aliphatic rings. The summed E-state index contributed by atoms with van der Waals surface area (Å²) in [6, 6.07) is 9.33. The van der Waals surface area contributed by atoms with Gasteiger partial charge in [-0.2, -0.15) is 5.11 Å². The Labute approximate surface area is 143 Å². The Bertz CT molecular complexity index is 910. The van der Waals surface area contributed by atoms with Crippen LogP contribution in [0, 0.1) is 19.7 Å². The number of rotatable bonds is 2. The van der Waals surface area contributed by atoms with E-state index in [0.717, 1.165) is 21.7 Å². The molecule has 0 N–H and O–H groups in total. The zero-order valence-corrected chi connectivity index (χ0v) is 13.7. The Morgan fingerprint density at radius 3 is 2.40 bits per heavy atom. The minimum Gasteiger partial charge on any atom is -0.271 e. The summed E-state index contributed by atoms with van der Waals surface area (Å²) in [5.41, 5.74) is 3.11. The molecule has 2 aromatic carbocycles. The number of benzene rings is 2. The molecule has 0 radical (unpaired) electrons. The summed E-state index contributed by atoms with van der Waals surface area (Å²) in [7, 11) is 0. The van der Waals surface area contributed by atoms with Crippen molar-refractivity contribution in [2.45, 2.75) is 25.9 Å². The van der Waals surface area contributed by atoms with E-state index in [-0.39, 0.29) is 0 Å². The highest BCUT2D eigenvalue weighted by atomic mass is 19.1. The number of amides is 2. The fraction of sp³-hybridized carbons (Fsp3) is 0.222. The van der Waals surface area contributed by atoms with Crippen LogP contribution in [0.15, 0.2) is 52.8 Å². The molecule has 0 saturated carbocycles. The number of hydrogen-bond donors (Lipinski definition) is 0. The number of hydrogen-bond acceptors (Lipinski definition) is 5. The predicted molar refractivity (Wildman–Crippen MR) is 89.7 cm³/mol. The molecule has 0 aromatic heterocycles. The highest BCUT2D eigenvalue weighted by Gasteiger charge is 2.55. The molecule has 0 bridgehead atoms. The smallest absolute Gasteiger partial charge is 0.263 e. The SMILES string of the molecule is Cc1ccc(N2N=N[C@@H]3C(=O)N(c4ccc(F)cc4)C(=O)[C@H]32)c(C)c1. The number of imide groups is 1. The molecule has 2 aliphatic heterocycles. The van der Waals surface area contributed by atoms with E-state index in [0.29, 0.717) is 5.69 Å². The number of fused-ring (bicyclic) bond motifs is 1. The molecule has 2 aromatic rings. The van der Waals surface area contributed by atoms with Crippen molar-refractivity contribution in [2.24, 2.45) is 10.3 Å². The second-order valence-corrected chi connectivity index (χ2v) is 6.22. The third-order valence-corrected chi connectivity index (χ3v) is 4.47. The zero-order valence-electron chi connectivity index (χ0n) is 13.7. The van der Waals surface area contributed by atoms with E-state index in [1.165, 1.54) is 29.3 Å². The third kappa shape index (κ3) is 2.31. The number of aryl methyl sites for hydroxylation is 2. The first-order valence-electron chi connectivity index (χ1n) is 7.88. The van der Waals surface area contributed by atoms with Crippen molar-refractivity contribution in [1.29, 1.82) is 0 Å². The summed E-state index contributed by atoms with van der Waals surface area (Å²) in [4.78, 5) is 26.6. The monoisotopic (exact) mass is 338 g/mol. The molecule has 1 fully saturated rings. The minimum absolute atomic E-state index is 0.335. The van der Waals surface area contributed by atoms with E-state index in [1.807, 2.05) is 32.0 Å². The number of halogens is 1. The fourth-order valence-electron chi connectivity index (χ4n) is 3.27. The molecule has 0 aliphatic carbocycles. The third-order valence-electron chi connectivity index (χ3n) is 4.47. The normalized spacial score (nSPS) is 22.0. The largest absolute Gasteiger partial charge is 0.271 e. The number of anilines is 2. The summed E-state index contributed by atoms with van der Waals surface area (Å²) in [6.07, 6.45) is 0. The van der Waals surface area contributed by atoms with Crippen LogP contribution in [-0.2, 0) is 9.59 Å². The Morgan fingerprint density at radius 1 is 1.00 bits per heavy atom. The van der Waals surface area contributed by atoms with E-state index in [4.69, 9.17) is 0 Å². The van der Waals surface area contributed by atoms with Gasteiger partial charge in [0.25, 0.3) is 11.8 Å². The van der Waals surface area contributed by atoms with Crippen LogP contribution in [0.2, 0.25) is 0 Å². The summed E-state index contributed by atoms with van der Waals surface area (Å²) >= 11 is 0. The summed E-state index contributed by atoms with van der Waals surface area (Å²) in [6.45, 7) is 3.90. The van der Waals surface area contributed by atoms with Crippen LogP contribution in [0.3, 0.4) is 0 Å². The van der Waals surface area contributed by atoms with Gasteiger partial charge in [0, 0.05) is 0 Å². The van der Waals surface area contributed by atoms with Crippen molar-refractivity contribution in [3.63, 3.8) is 0 Å². The van der Waals surface area contributed by atoms with Gasteiger partial charge in [-0.3, -0.25) is 9.59 Å². The first kappa shape index (κ1) is 15.4. The van der Waals surface area contributed by atoms with Crippen LogP contribution in [0.25, 0.3) is 0 Å². The molecule has 1 saturated heterocycles. The highest BCUT2D eigenvalue weighted by Crippen LogP contribution is 2.36. The average molecular weight is 338 g/mol. The molecule has 2 atom stereocenters. The molecule has 0 spiro atoms. The molecule has 6 nitrogen and oxygen atoms in total. The van der Waals surface area contributed by atoms with E-state index in [1.54, 1.807) is 0 Å². The number of carbonyl (C=O) groups excluding carboxylic acids is 2. The second kappa shape index (κ2) is 5.47. The Hall–Kier alpha value is -3.09. The van der Waals surface area contributed by atoms with Gasteiger partial charge >= 0.3 is 0 Å². The van der Waals surface area contributed by atoms with Crippen LogP contribution in [0.5, 0.6) is 0 Å². The Morgan fingerprint density at radius 2 is 1.72 bits per heavy atom. The zero-order chi connectivity index (χ0) is 17.7. The topological polar surface area (TPSA) is 65.3 Å². The lowest BCUT2D eigenvalue weighted by molar-refractivity contribution is -0.121. The maximum absolute atomic E-state index is 13.1. The van der Waals surface area contributed by atoms with Crippen LogP contribution >= 0.6 is 0 Å². The Balaban J connectivity index is 1.71. The number of nitrogens with zero attached hydrogens (tertiary/aromatic N) is 4. The van der Waals surface area contributed by atoms with Crippen molar-refractivity contribution >= 4 is 23.2 Å². The maximum Gasteiger partial charge on any atom is 0.263 e. The van der Waals surface area contributed by atoms with E-state index >= 15 is 0 Å². The lowest BCUT2D eigenvalue weighted by Gasteiger charge is -2.22. The molecule has 7 heteroatoms. The van der Waals surface area contributed by atoms with Gasteiger partial charge in [-0.1, -0.05) is 22.9 Å². The van der Waals surface area contributed by atoms with Gasteiger partial charge in [0.1, 0.15) is 5.82 Å². The van der Waals surface area contributed by atoms with Crippen molar-refractivity contribution in [3.8, 4) is 0 Å². The van der Waals surface area contributed by atoms with Gasteiger partial charge in [0.05, 0.1) is 11.4 Å². The van der Waals surface area contributed by atoms with Crippen molar-refractivity contribution in [3.05, 3.63) is 59.4 Å². The fourth-order valence-corrected chi connectivity index (χ4v) is 3.27. The quantitative estimate of drug-likeness (QED) is 0.791. The molecular formula is C18H15FN4O2. The van der Waals surface area contributed by atoms with Crippen LogP contribution in [0.4, 0.5) is 15.8 Å². The van der Waals surface area contributed by atoms with Crippen LogP contribution < -0.4 is 9.91 Å². The molecule has 2 heterocycles. The molecule has 0 unspecified atom stereocenters. The second-order valence-electron chi connectivity index (χ2n) is 6.22. The molecular weight excluding hydrogens is 323 g/mol. The van der Waals surface area contributed by atoms with Gasteiger partial charge in [-0.15, -0.1) is 0 Å². The van der Waals surface area contributed by atoms with E-state index in [9.17, 15) is 14.0 Å². The number of carbonyl (C=O) groups is 2. The highest BCUT2D eigenvalue weighted by molar-refractivity contribution is 6.26. The first-order valence-corrected chi connectivity index (χ1v) is 7.88. The standard InChI is InChI=1S/C18H15FN4O2/c1-10-3-8-14(11(2)9-10)23-16-15(20-21-23)17(24)22(18(16)25)13-6-4-12(19)5-7-13/h3-9,15-16H,1-2H3/t15-,16-/m0/s1. The lowest BCUT2D eigenvalue weighted by Crippen LogP contribution is -2.40. The minimum atomic E-state index is -0.877.